The summed E-state index contributed by atoms with van der Waals surface area (Å²) < 4.78 is 0. The van der Waals surface area contributed by atoms with E-state index in [1.807, 2.05) is 12.3 Å². The monoisotopic (exact) mass is 259 g/mol. The fourth-order valence-electron chi connectivity index (χ4n) is 4.09. The largest absolute Gasteiger partial charge is 0.389 e. The average Bonchev–Trinajstić information content (AvgIpc) is 2.83. The van der Waals surface area contributed by atoms with E-state index in [1.165, 1.54) is 24.1 Å². The second-order valence-electron chi connectivity index (χ2n) is 6.82. The number of fused-ring (bicyclic) bond motifs is 1. The first-order chi connectivity index (χ1) is 9.10. The first-order valence-corrected chi connectivity index (χ1v) is 7.76. The number of pyridine rings is 1. The Balaban J connectivity index is 1.77. The summed E-state index contributed by atoms with van der Waals surface area (Å²) in [5.41, 5.74) is 2.03. The molecule has 3 rings (SSSR count). The zero-order valence-electron chi connectivity index (χ0n) is 12.1. The molecule has 0 aromatic carbocycles. The maximum Gasteiger partial charge on any atom is 0.0731 e. The van der Waals surface area contributed by atoms with Crippen molar-refractivity contribution in [3.8, 4) is 0 Å². The Hall–Kier alpha value is -0.890. The predicted octanol–water partition coefficient (Wildman–Crippen LogP) is 3.69. The van der Waals surface area contributed by atoms with Gasteiger partial charge in [0.1, 0.15) is 0 Å². The van der Waals surface area contributed by atoms with Gasteiger partial charge in [0, 0.05) is 17.8 Å². The van der Waals surface area contributed by atoms with Crippen molar-refractivity contribution in [1.29, 1.82) is 0 Å². The number of hydrogen-bond donors (Lipinski definition) is 1. The quantitative estimate of drug-likeness (QED) is 0.878. The summed E-state index contributed by atoms with van der Waals surface area (Å²) in [6.07, 6.45) is 8.30. The average molecular weight is 259 g/mol. The third kappa shape index (κ3) is 2.31. The van der Waals surface area contributed by atoms with Crippen molar-refractivity contribution in [3.63, 3.8) is 0 Å². The van der Waals surface area contributed by atoms with Gasteiger partial charge < -0.3 is 5.11 Å². The Labute approximate surface area is 116 Å². The molecule has 0 saturated heterocycles. The van der Waals surface area contributed by atoms with E-state index in [9.17, 15) is 5.11 Å². The molecule has 0 spiro atoms. The summed E-state index contributed by atoms with van der Waals surface area (Å²) in [7, 11) is 0. The van der Waals surface area contributed by atoms with E-state index in [4.69, 9.17) is 0 Å². The molecule has 0 amide bonds. The number of aryl methyl sites for hydroxylation is 1. The normalized spacial score (nSPS) is 34.5. The van der Waals surface area contributed by atoms with Gasteiger partial charge in [0.25, 0.3) is 0 Å². The minimum atomic E-state index is -0.495. The summed E-state index contributed by atoms with van der Waals surface area (Å²) in [6.45, 7) is 4.61. The summed E-state index contributed by atoms with van der Waals surface area (Å²) in [5.74, 6) is 1.82. The second-order valence-corrected chi connectivity index (χ2v) is 6.82. The van der Waals surface area contributed by atoms with Crippen molar-refractivity contribution in [2.45, 2.75) is 63.9 Å². The minimum absolute atomic E-state index is 0.275. The first kappa shape index (κ1) is 13.1. The highest BCUT2D eigenvalue weighted by Crippen LogP contribution is 2.48. The molecule has 0 aliphatic heterocycles. The van der Waals surface area contributed by atoms with Crippen LogP contribution in [0.5, 0.6) is 0 Å². The van der Waals surface area contributed by atoms with E-state index < -0.39 is 5.60 Å². The van der Waals surface area contributed by atoms with Gasteiger partial charge in [-0.3, -0.25) is 4.98 Å². The maximum absolute atomic E-state index is 11.1. The predicted molar refractivity (Wildman–Crippen MR) is 77.0 cm³/mol. The lowest BCUT2D eigenvalue weighted by molar-refractivity contribution is -0.0387. The Morgan fingerprint density at radius 2 is 2.00 bits per heavy atom. The zero-order chi connectivity index (χ0) is 13.5. The van der Waals surface area contributed by atoms with Crippen molar-refractivity contribution in [2.24, 2.45) is 11.8 Å². The van der Waals surface area contributed by atoms with Crippen molar-refractivity contribution >= 4 is 0 Å². The van der Waals surface area contributed by atoms with Gasteiger partial charge in [-0.15, -0.1) is 0 Å². The van der Waals surface area contributed by atoms with E-state index in [2.05, 4.69) is 24.9 Å². The molecule has 19 heavy (non-hydrogen) atoms. The standard InChI is InChI=1S/C17H25NO/c1-12(2)13-7-9-17(19,10-8-13)15-6-5-14-4-3-11-18-16(14)15/h3-4,11-13,15,19H,5-10H2,1-2H3. The van der Waals surface area contributed by atoms with E-state index >= 15 is 0 Å². The molecule has 1 N–H and O–H groups in total. The van der Waals surface area contributed by atoms with Gasteiger partial charge in [-0.05, 0) is 62.0 Å². The van der Waals surface area contributed by atoms with E-state index in [1.54, 1.807) is 0 Å². The van der Waals surface area contributed by atoms with Crippen LogP contribution < -0.4 is 0 Å². The molecular weight excluding hydrogens is 234 g/mol. The second kappa shape index (κ2) is 4.90. The lowest BCUT2D eigenvalue weighted by Crippen LogP contribution is -2.40. The van der Waals surface area contributed by atoms with Gasteiger partial charge in [0.05, 0.1) is 5.60 Å². The van der Waals surface area contributed by atoms with Crippen LogP contribution >= 0.6 is 0 Å². The summed E-state index contributed by atoms with van der Waals surface area (Å²) in [5, 5.41) is 11.1. The smallest absolute Gasteiger partial charge is 0.0731 e. The van der Waals surface area contributed by atoms with Crippen LogP contribution in [-0.4, -0.2) is 15.7 Å². The van der Waals surface area contributed by atoms with E-state index in [0.717, 1.165) is 37.5 Å². The molecule has 0 radical (unpaired) electrons. The highest BCUT2D eigenvalue weighted by molar-refractivity contribution is 5.31. The molecule has 1 atom stereocenters. The van der Waals surface area contributed by atoms with Gasteiger partial charge in [0.15, 0.2) is 0 Å². The SMILES string of the molecule is CC(C)C1CCC(O)(C2CCc3cccnc32)CC1. The Kier molecular flexibility index (Phi) is 3.38. The van der Waals surface area contributed by atoms with Gasteiger partial charge in [-0.2, -0.15) is 0 Å². The Morgan fingerprint density at radius 3 is 2.68 bits per heavy atom. The molecule has 1 heterocycles. The number of nitrogens with zero attached hydrogens (tertiary/aromatic N) is 1. The fourth-order valence-corrected chi connectivity index (χ4v) is 4.09. The van der Waals surface area contributed by atoms with E-state index in [0.29, 0.717) is 0 Å². The molecule has 1 unspecified atom stereocenters. The highest BCUT2D eigenvalue weighted by atomic mass is 16.3. The van der Waals surface area contributed by atoms with Crippen molar-refractivity contribution in [1.82, 2.24) is 4.98 Å². The molecule has 2 heteroatoms. The molecule has 2 nitrogen and oxygen atoms in total. The van der Waals surface area contributed by atoms with Gasteiger partial charge >= 0.3 is 0 Å². The molecule has 1 fully saturated rings. The van der Waals surface area contributed by atoms with Crippen molar-refractivity contribution < 1.29 is 5.11 Å². The Bertz CT molecular complexity index is 446. The molecule has 2 aliphatic rings. The lowest BCUT2D eigenvalue weighted by atomic mass is 9.69. The van der Waals surface area contributed by atoms with E-state index in [-0.39, 0.29) is 5.92 Å². The van der Waals surface area contributed by atoms with Crippen LogP contribution in [0.3, 0.4) is 0 Å². The first-order valence-electron chi connectivity index (χ1n) is 7.76. The van der Waals surface area contributed by atoms with Gasteiger partial charge in [0.2, 0.25) is 0 Å². The third-order valence-corrected chi connectivity index (χ3v) is 5.45. The molecule has 0 bridgehead atoms. The molecular formula is C17H25NO. The molecule has 104 valence electrons. The van der Waals surface area contributed by atoms with Crippen molar-refractivity contribution in [3.05, 3.63) is 29.6 Å². The number of aliphatic hydroxyl groups is 1. The van der Waals surface area contributed by atoms with Crippen LogP contribution in [0.4, 0.5) is 0 Å². The van der Waals surface area contributed by atoms with Crippen LogP contribution in [0, 0.1) is 11.8 Å². The Morgan fingerprint density at radius 1 is 1.26 bits per heavy atom. The molecule has 1 aromatic rings. The van der Waals surface area contributed by atoms with Gasteiger partial charge in [-0.1, -0.05) is 19.9 Å². The summed E-state index contributed by atoms with van der Waals surface area (Å²) in [6, 6.07) is 4.19. The van der Waals surface area contributed by atoms with Crippen LogP contribution in [0.25, 0.3) is 0 Å². The summed E-state index contributed by atoms with van der Waals surface area (Å²) >= 11 is 0. The van der Waals surface area contributed by atoms with Crippen LogP contribution in [0.15, 0.2) is 18.3 Å². The van der Waals surface area contributed by atoms with Crippen LogP contribution in [-0.2, 0) is 6.42 Å². The molecule has 2 aliphatic carbocycles. The zero-order valence-corrected chi connectivity index (χ0v) is 12.1. The van der Waals surface area contributed by atoms with Crippen LogP contribution in [0.1, 0.15) is 63.1 Å². The van der Waals surface area contributed by atoms with Crippen LogP contribution in [0.2, 0.25) is 0 Å². The number of aromatic nitrogens is 1. The highest BCUT2D eigenvalue weighted by Gasteiger charge is 2.44. The van der Waals surface area contributed by atoms with Crippen molar-refractivity contribution in [2.75, 3.05) is 0 Å². The maximum atomic E-state index is 11.1. The number of hydrogen-bond acceptors (Lipinski definition) is 2. The molecule has 1 aromatic heterocycles. The number of rotatable bonds is 2. The topological polar surface area (TPSA) is 33.1 Å². The lowest BCUT2D eigenvalue weighted by Gasteiger charge is -2.41. The third-order valence-electron chi connectivity index (χ3n) is 5.45. The minimum Gasteiger partial charge on any atom is -0.389 e. The fraction of sp³-hybridized carbons (Fsp3) is 0.706. The summed E-state index contributed by atoms with van der Waals surface area (Å²) in [4.78, 5) is 4.56. The molecule has 1 saturated carbocycles. The van der Waals surface area contributed by atoms with Gasteiger partial charge in [-0.25, -0.2) is 0 Å².